The lowest BCUT2D eigenvalue weighted by Gasteiger charge is -2.41. The summed E-state index contributed by atoms with van der Waals surface area (Å²) in [5.41, 5.74) is 0.510. The SMILES string of the molecule is CC(C)CCCCN1CCNC2(CCCC2)C1. The van der Waals surface area contributed by atoms with E-state index in [2.05, 4.69) is 24.1 Å². The third-order valence-electron chi connectivity index (χ3n) is 4.52. The number of nitrogens with zero attached hydrogens (tertiary/aromatic N) is 1. The van der Waals surface area contributed by atoms with Gasteiger partial charge in [0.15, 0.2) is 0 Å². The Labute approximate surface area is 107 Å². The lowest BCUT2D eigenvalue weighted by Crippen LogP contribution is -2.59. The Morgan fingerprint density at radius 2 is 1.94 bits per heavy atom. The number of piperazine rings is 1. The first kappa shape index (κ1) is 13.4. The summed E-state index contributed by atoms with van der Waals surface area (Å²) in [6, 6.07) is 0. The summed E-state index contributed by atoms with van der Waals surface area (Å²) in [6.07, 6.45) is 9.91. The number of nitrogens with one attached hydrogen (secondary N) is 1. The number of hydrogen-bond donors (Lipinski definition) is 1. The molecule has 0 atom stereocenters. The van der Waals surface area contributed by atoms with E-state index in [9.17, 15) is 0 Å². The smallest absolute Gasteiger partial charge is 0.0309 e. The van der Waals surface area contributed by atoms with Crippen molar-refractivity contribution in [2.24, 2.45) is 5.92 Å². The van der Waals surface area contributed by atoms with Crippen LogP contribution in [0, 0.1) is 5.92 Å². The molecule has 2 nitrogen and oxygen atoms in total. The highest BCUT2D eigenvalue weighted by Crippen LogP contribution is 2.31. The minimum absolute atomic E-state index is 0.510. The molecule has 0 amide bonds. The van der Waals surface area contributed by atoms with E-state index >= 15 is 0 Å². The Morgan fingerprint density at radius 1 is 1.18 bits per heavy atom. The van der Waals surface area contributed by atoms with Gasteiger partial charge in [-0.1, -0.05) is 39.5 Å². The van der Waals surface area contributed by atoms with Crippen LogP contribution in [0.4, 0.5) is 0 Å². The third-order valence-corrected chi connectivity index (χ3v) is 4.52. The van der Waals surface area contributed by atoms with Crippen LogP contribution in [0.15, 0.2) is 0 Å². The maximum Gasteiger partial charge on any atom is 0.0309 e. The van der Waals surface area contributed by atoms with Crippen LogP contribution in [0.25, 0.3) is 0 Å². The maximum absolute atomic E-state index is 3.79. The maximum atomic E-state index is 3.79. The molecule has 0 unspecified atom stereocenters. The van der Waals surface area contributed by atoms with Crippen LogP contribution in [0.5, 0.6) is 0 Å². The first-order valence-corrected chi connectivity index (χ1v) is 7.68. The van der Waals surface area contributed by atoms with Crippen molar-refractivity contribution in [2.45, 2.75) is 64.3 Å². The molecule has 0 aromatic rings. The summed E-state index contributed by atoms with van der Waals surface area (Å²) in [4.78, 5) is 2.71. The average molecular weight is 238 g/mol. The summed E-state index contributed by atoms with van der Waals surface area (Å²) in [5, 5.41) is 3.79. The quantitative estimate of drug-likeness (QED) is 0.741. The van der Waals surface area contributed by atoms with Crippen molar-refractivity contribution >= 4 is 0 Å². The molecule has 1 heterocycles. The lowest BCUT2D eigenvalue weighted by atomic mass is 9.94. The summed E-state index contributed by atoms with van der Waals surface area (Å²) in [7, 11) is 0. The molecule has 1 N–H and O–H groups in total. The molecule has 2 aliphatic rings. The predicted molar refractivity (Wildman–Crippen MR) is 74.3 cm³/mol. The van der Waals surface area contributed by atoms with Crippen molar-refractivity contribution < 1.29 is 0 Å². The van der Waals surface area contributed by atoms with E-state index in [1.165, 1.54) is 71.1 Å². The largest absolute Gasteiger partial charge is 0.309 e. The highest BCUT2D eigenvalue weighted by atomic mass is 15.2. The van der Waals surface area contributed by atoms with Gasteiger partial charge in [0, 0.05) is 25.2 Å². The van der Waals surface area contributed by atoms with E-state index in [0.29, 0.717) is 5.54 Å². The molecule has 1 aliphatic carbocycles. The van der Waals surface area contributed by atoms with Gasteiger partial charge < -0.3 is 10.2 Å². The number of unbranched alkanes of at least 4 members (excludes halogenated alkanes) is 1. The van der Waals surface area contributed by atoms with Crippen LogP contribution in [0.2, 0.25) is 0 Å². The molecule has 2 fully saturated rings. The second-order valence-electron chi connectivity index (χ2n) is 6.58. The molecule has 0 aromatic heterocycles. The zero-order chi connectivity index (χ0) is 12.1. The Morgan fingerprint density at radius 3 is 2.65 bits per heavy atom. The number of hydrogen-bond acceptors (Lipinski definition) is 2. The van der Waals surface area contributed by atoms with Crippen molar-refractivity contribution in [1.29, 1.82) is 0 Å². The molecular weight excluding hydrogens is 208 g/mol. The van der Waals surface area contributed by atoms with Crippen molar-refractivity contribution in [3.63, 3.8) is 0 Å². The fraction of sp³-hybridized carbons (Fsp3) is 1.00. The van der Waals surface area contributed by atoms with Gasteiger partial charge in [-0.25, -0.2) is 0 Å². The minimum atomic E-state index is 0.510. The van der Waals surface area contributed by atoms with Gasteiger partial charge in [0.25, 0.3) is 0 Å². The third kappa shape index (κ3) is 3.96. The molecule has 2 rings (SSSR count). The van der Waals surface area contributed by atoms with Crippen molar-refractivity contribution in [2.75, 3.05) is 26.2 Å². The molecule has 1 saturated heterocycles. The van der Waals surface area contributed by atoms with Crippen LogP contribution in [-0.4, -0.2) is 36.6 Å². The van der Waals surface area contributed by atoms with Crippen molar-refractivity contribution in [1.82, 2.24) is 10.2 Å². The second-order valence-corrected chi connectivity index (χ2v) is 6.58. The van der Waals surface area contributed by atoms with Gasteiger partial charge in [0.1, 0.15) is 0 Å². The fourth-order valence-electron chi connectivity index (χ4n) is 3.51. The zero-order valence-electron chi connectivity index (χ0n) is 11.8. The second kappa shape index (κ2) is 6.19. The standard InChI is InChI=1S/C15H30N2/c1-14(2)7-3-6-11-17-12-10-16-15(13-17)8-4-5-9-15/h14,16H,3-13H2,1-2H3. The van der Waals surface area contributed by atoms with E-state index < -0.39 is 0 Å². The van der Waals surface area contributed by atoms with E-state index in [1.807, 2.05) is 0 Å². The molecule has 1 aliphatic heterocycles. The Balaban J connectivity index is 1.67. The van der Waals surface area contributed by atoms with Crippen LogP contribution in [0.1, 0.15) is 58.8 Å². The Kier molecular flexibility index (Phi) is 4.87. The molecule has 17 heavy (non-hydrogen) atoms. The van der Waals surface area contributed by atoms with Gasteiger partial charge in [-0.2, -0.15) is 0 Å². The normalized spacial score (nSPS) is 24.9. The van der Waals surface area contributed by atoms with E-state index in [-0.39, 0.29) is 0 Å². The fourth-order valence-corrected chi connectivity index (χ4v) is 3.51. The molecule has 0 bridgehead atoms. The van der Waals surface area contributed by atoms with E-state index in [0.717, 1.165) is 5.92 Å². The van der Waals surface area contributed by atoms with Crippen molar-refractivity contribution in [3.05, 3.63) is 0 Å². The lowest BCUT2D eigenvalue weighted by molar-refractivity contribution is 0.132. The Hall–Kier alpha value is -0.0800. The monoisotopic (exact) mass is 238 g/mol. The first-order chi connectivity index (χ1) is 8.20. The van der Waals surface area contributed by atoms with Gasteiger partial charge in [-0.15, -0.1) is 0 Å². The topological polar surface area (TPSA) is 15.3 Å². The van der Waals surface area contributed by atoms with E-state index in [1.54, 1.807) is 0 Å². The minimum Gasteiger partial charge on any atom is -0.309 e. The Bertz CT molecular complexity index is 219. The van der Waals surface area contributed by atoms with Crippen molar-refractivity contribution in [3.8, 4) is 0 Å². The summed E-state index contributed by atoms with van der Waals surface area (Å²) in [6.45, 7) is 9.79. The molecule has 100 valence electrons. The van der Waals surface area contributed by atoms with Gasteiger partial charge in [0.2, 0.25) is 0 Å². The van der Waals surface area contributed by atoms with Crippen LogP contribution < -0.4 is 5.32 Å². The molecule has 2 heteroatoms. The molecule has 1 spiro atoms. The summed E-state index contributed by atoms with van der Waals surface area (Å²) < 4.78 is 0. The van der Waals surface area contributed by atoms with Gasteiger partial charge in [0.05, 0.1) is 0 Å². The summed E-state index contributed by atoms with van der Waals surface area (Å²) >= 11 is 0. The van der Waals surface area contributed by atoms with Crippen LogP contribution in [-0.2, 0) is 0 Å². The zero-order valence-corrected chi connectivity index (χ0v) is 11.8. The molecule has 1 saturated carbocycles. The highest BCUT2D eigenvalue weighted by molar-refractivity contribution is 4.98. The van der Waals surface area contributed by atoms with Gasteiger partial charge in [-0.3, -0.25) is 0 Å². The molecule has 0 aromatic carbocycles. The first-order valence-electron chi connectivity index (χ1n) is 7.68. The predicted octanol–water partition coefficient (Wildman–Crippen LogP) is 3.03. The van der Waals surface area contributed by atoms with E-state index in [4.69, 9.17) is 0 Å². The highest BCUT2D eigenvalue weighted by Gasteiger charge is 2.37. The van der Waals surface area contributed by atoms with Gasteiger partial charge >= 0.3 is 0 Å². The molecule has 0 radical (unpaired) electrons. The number of rotatable bonds is 5. The summed E-state index contributed by atoms with van der Waals surface area (Å²) in [5.74, 6) is 0.874. The van der Waals surface area contributed by atoms with Crippen LogP contribution >= 0.6 is 0 Å². The van der Waals surface area contributed by atoms with Gasteiger partial charge in [-0.05, 0) is 31.7 Å². The average Bonchev–Trinajstić information content (AvgIpc) is 2.73. The van der Waals surface area contributed by atoms with Crippen LogP contribution in [0.3, 0.4) is 0 Å². The molecular formula is C15H30N2.